The first-order chi connectivity index (χ1) is 9.03. The molecule has 1 aliphatic rings. The lowest BCUT2D eigenvalue weighted by Crippen LogP contribution is -2.41. The van der Waals surface area contributed by atoms with Crippen molar-refractivity contribution in [1.29, 1.82) is 0 Å². The third-order valence-electron chi connectivity index (χ3n) is 4.09. The molecule has 0 saturated heterocycles. The summed E-state index contributed by atoms with van der Waals surface area (Å²) in [6.07, 6.45) is 11.7. The van der Waals surface area contributed by atoms with Gasteiger partial charge in [0.05, 0.1) is 0 Å². The number of nitrogens with two attached hydrogens (primary N) is 1. The highest BCUT2D eigenvalue weighted by Crippen LogP contribution is 2.24. The van der Waals surface area contributed by atoms with Crippen molar-refractivity contribution >= 4 is 5.96 Å². The smallest absolute Gasteiger partial charge is 0.188 e. The molecule has 0 aliphatic heterocycles. The molecule has 1 saturated carbocycles. The van der Waals surface area contributed by atoms with Crippen LogP contribution in [0.1, 0.15) is 78.6 Å². The van der Waals surface area contributed by atoms with Gasteiger partial charge in [-0.15, -0.1) is 0 Å². The molecule has 0 unspecified atom stereocenters. The lowest BCUT2D eigenvalue weighted by atomic mass is 9.87. The largest absolute Gasteiger partial charge is 0.370 e. The first kappa shape index (κ1) is 16.3. The number of aliphatic imine (C=N–C) groups is 1. The standard InChI is InChI=1S/C16H33N3/c1-4-5-9-12-16(2,3)13-18-15(17)19-14-10-7-6-8-11-14/h14H,4-13H2,1-3H3,(H3,17,18,19). The SMILES string of the molecule is CCCCCC(C)(C)CN=C(N)NC1CCCCC1. The van der Waals surface area contributed by atoms with Crippen LogP contribution in [0.5, 0.6) is 0 Å². The van der Waals surface area contributed by atoms with Crippen LogP contribution in [0.25, 0.3) is 0 Å². The van der Waals surface area contributed by atoms with Gasteiger partial charge in [-0.1, -0.05) is 59.3 Å². The van der Waals surface area contributed by atoms with E-state index in [0.29, 0.717) is 12.0 Å². The summed E-state index contributed by atoms with van der Waals surface area (Å²) in [7, 11) is 0. The van der Waals surface area contributed by atoms with Crippen molar-refractivity contribution in [1.82, 2.24) is 5.32 Å². The van der Waals surface area contributed by atoms with Gasteiger partial charge in [0.15, 0.2) is 5.96 Å². The minimum Gasteiger partial charge on any atom is -0.370 e. The van der Waals surface area contributed by atoms with Crippen molar-refractivity contribution in [2.75, 3.05) is 6.54 Å². The average molecular weight is 267 g/mol. The Labute approximate surface area is 119 Å². The Balaban J connectivity index is 2.28. The molecule has 3 N–H and O–H groups in total. The minimum atomic E-state index is 0.272. The van der Waals surface area contributed by atoms with Crippen LogP contribution in [0.2, 0.25) is 0 Å². The normalized spacial score (nSPS) is 18.6. The van der Waals surface area contributed by atoms with E-state index in [1.807, 2.05) is 0 Å². The van der Waals surface area contributed by atoms with Gasteiger partial charge < -0.3 is 11.1 Å². The molecule has 3 nitrogen and oxygen atoms in total. The quantitative estimate of drug-likeness (QED) is 0.418. The Morgan fingerprint density at radius 2 is 1.89 bits per heavy atom. The Morgan fingerprint density at radius 1 is 1.21 bits per heavy atom. The molecule has 19 heavy (non-hydrogen) atoms. The Hall–Kier alpha value is -0.730. The fourth-order valence-corrected chi connectivity index (χ4v) is 2.73. The van der Waals surface area contributed by atoms with E-state index in [-0.39, 0.29) is 5.41 Å². The summed E-state index contributed by atoms with van der Waals surface area (Å²) in [6.45, 7) is 7.67. The van der Waals surface area contributed by atoms with E-state index in [2.05, 4.69) is 31.1 Å². The van der Waals surface area contributed by atoms with Gasteiger partial charge in [0.1, 0.15) is 0 Å². The lowest BCUT2D eigenvalue weighted by Gasteiger charge is -2.25. The molecule has 0 aromatic rings. The first-order valence-electron chi connectivity index (χ1n) is 8.10. The van der Waals surface area contributed by atoms with Crippen LogP contribution < -0.4 is 11.1 Å². The highest BCUT2D eigenvalue weighted by Gasteiger charge is 2.18. The van der Waals surface area contributed by atoms with E-state index < -0.39 is 0 Å². The number of guanidine groups is 1. The van der Waals surface area contributed by atoms with Gasteiger partial charge in [0.2, 0.25) is 0 Å². The van der Waals surface area contributed by atoms with Crippen LogP contribution in [0.15, 0.2) is 4.99 Å². The number of nitrogens with zero attached hydrogens (tertiary/aromatic N) is 1. The van der Waals surface area contributed by atoms with Crippen molar-refractivity contribution < 1.29 is 0 Å². The van der Waals surface area contributed by atoms with Crippen molar-refractivity contribution in [2.45, 2.75) is 84.6 Å². The summed E-state index contributed by atoms with van der Waals surface area (Å²) in [5.41, 5.74) is 6.28. The molecule has 112 valence electrons. The van der Waals surface area contributed by atoms with E-state index in [1.54, 1.807) is 0 Å². The molecular weight excluding hydrogens is 234 g/mol. The zero-order valence-corrected chi connectivity index (χ0v) is 13.2. The van der Waals surface area contributed by atoms with Gasteiger partial charge >= 0.3 is 0 Å². The van der Waals surface area contributed by atoms with Crippen molar-refractivity contribution in [3.8, 4) is 0 Å². The zero-order valence-electron chi connectivity index (χ0n) is 13.2. The van der Waals surface area contributed by atoms with Gasteiger partial charge in [0, 0.05) is 12.6 Å². The number of hydrogen-bond acceptors (Lipinski definition) is 1. The maximum absolute atomic E-state index is 6.01. The van der Waals surface area contributed by atoms with E-state index >= 15 is 0 Å². The average Bonchev–Trinajstić information content (AvgIpc) is 2.38. The third-order valence-corrected chi connectivity index (χ3v) is 4.09. The highest BCUT2D eigenvalue weighted by atomic mass is 15.1. The molecule has 3 heteroatoms. The molecule has 0 aromatic carbocycles. The molecule has 0 aromatic heterocycles. The van der Waals surface area contributed by atoms with E-state index in [0.717, 1.165) is 6.54 Å². The minimum absolute atomic E-state index is 0.272. The highest BCUT2D eigenvalue weighted by molar-refractivity contribution is 5.78. The molecule has 1 aliphatic carbocycles. The topological polar surface area (TPSA) is 50.4 Å². The molecule has 0 bridgehead atoms. The van der Waals surface area contributed by atoms with Gasteiger partial charge in [0.25, 0.3) is 0 Å². The van der Waals surface area contributed by atoms with Crippen LogP contribution in [0.4, 0.5) is 0 Å². The summed E-state index contributed by atoms with van der Waals surface area (Å²) in [5.74, 6) is 0.649. The fourth-order valence-electron chi connectivity index (χ4n) is 2.73. The Morgan fingerprint density at radius 3 is 2.53 bits per heavy atom. The van der Waals surface area contributed by atoms with Crippen LogP contribution in [-0.2, 0) is 0 Å². The number of nitrogens with one attached hydrogen (secondary N) is 1. The predicted molar refractivity (Wildman–Crippen MR) is 84.4 cm³/mol. The molecule has 0 radical (unpaired) electrons. The van der Waals surface area contributed by atoms with Crippen molar-refractivity contribution in [2.24, 2.45) is 16.1 Å². The third kappa shape index (κ3) is 7.44. The molecule has 1 rings (SSSR count). The van der Waals surface area contributed by atoms with E-state index in [9.17, 15) is 0 Å². The van der Waals surface area contributed by atoms with Gasteiger partial charge in [-0.3, -0.25) is 4.99 Å². The fraction of sp³-hybridized carbons (Fsp3) is 0.938. The molecule has 0 heterocycles. The van der Waals surface area contributed by atoms with Crippen molar-refractivity contribution in [3.63, 3.8) is 0 Å². The molecule has 1 fully saturated rings. The maximum Gasteiger partial charge on any atom is 0.188 e. The number of hydrogen-bond donors (Lipinski definition) is 2. The van der Waals surface area contributed by atoms with Crippen LogP contribution in [-0.4, -0.2) is 18.5 Å². The summed E-state index contributed by atoms with van der Waals surface area (Å²) in [4.78, 5) is 4.55. The molecule has 0 amide bonds. The maximum atomic E-state index is 6.01. The van der Waals surface area contributed by atoms with Crippen LogP contribution in [0.3, 0.4) is 0 Å². The summed E-state index contributed by atoms with van der Waals surface area (Å²) in [5, 5.41) is 3.39. The van der Waals surface area contributed by atoms with Gasteiger partial charge in [-0.05, 0) is 24.7 Å². The van der Waals surface area contributed by atoms with Crippen LogP contribution in [0, 0.1) is 5.41 Å². The van der Waals surface area contributed by atoms with Crippen molar-refractivity contribution in [3.05, 3.63) is 0 Å². The molecular formula is C16H33N3. The van der Waals surface area contributed by atoms with E-state index in [1.165, 1.54) is 57.8 Å². The lowest BCUT2D eigenvalue weighted by molar-refractivity contribution is 0.332. The molecule has 0 atom stereocenters. The first-order valence-corrected chi connectivity index (χ1v) is 8.10. The Bertz CT molecular complexity index is 265. The van der Waals surface area contributed by atoms with E-state index in [4.69, 9.17) is 5.73 Å². The second-order valence-electron chi connectivity index (χ2n) is 6.80. The summed E-state index contributed by atoms with van der Waals surface area (Å²) < 4.78 is 0. The van der Waals surface area contributed by atoms with Gasteiger partial charge in [-0.25, -0.2) is 0 Å². The van der Waals surface area contributed by atoms with Crippen LogP contribution >= 0.6 is 0 Å². The summed E-state index contributed by atoms with van der Waals surface area (Å²) >= 11 is 0. The zero-order chi connectivity index (χ0) is 14.1. The number of rotatable bonds is 7. The monoisotopic (exact) mass is 267 g/mol. The van der Waals surface area contributed by atoms with Gasteiger partial charge in [-0.2, -0.15) is 0 Å². The molecule has 0 spiro atoms. The number of unbranched alkanes of at least 4 members (excludes halogenated alkanes) is 2. The summed E-state index contributed by atoms with van der Waals surface area (Å²) in [6, 6.07) is 0.556. The predicted octanol–water partition coefficient (Wildman–Crippen LogP) is 3.83. The second-order valence-corrected chi connectivity index (χ2v) is 6.80. The Kier molecular flexibility index (Phi) is 7.25. The second kappa shape index (κ2) is 8.44.